The van der Waals surface area contributed by atoms with Crippen LogP contribution >= 0.6 is 0 Å². The molecule has 1 atom stereocenters. The second-order valence-electron chi connectivity index (χ2n) is 7.14. The monoisotopic (exact) mass is 358 g/mol. The van der Waals surface area contributed by atoms with Crippen molar-refractivity contribution in [2.75, 3.05) is 26.2 Å². The second-order valence-corrected chi connectivity index (χ2v) is 7.14. The Morgan fingerprint density at radius 3 is 2.81 bits per heavy atom. The Hall–Kier alpha value is -2.01. The maximum atomic E-state index is 12.5. The van der Waals surface area contributed by atoms with Crippen LogP contribution in [0.15, 0.2) is 24.3 Å². The number of likely N-dealkylation sites (tertiary alicyclic amines) is 1. The molecule has 0 radical (unpaired) electrons. The molecule has 1 amide bonds. The summed E-state index contributed by atoms with van der Waals surface area (Å²) in [6, 6.07) is 5.85. The molecule has 0 aromatic heterocycles. The van der Waals surface area contributed by atoms with Crippen molar-refractivity contribution in [3.05, 3.63) is 29.8 Å². The Labute approximate surface area is 156 Å². The smallest absolute Gasteiger partial charge is 0.246 e. The maximum absolute atomic E-state index is 12.5. The van der Waals surface area contributed by atoms with Gasteiger partial charge in [-0.15, -0.1) is 0 Å². The zero-order valence-corrected chi connectivity index (χ0v) is 15.7. The Kier molecular flexibility index (Phi) is 6.56. The molecular formula is C21H30N2O3. The summed E-state index contributed by atoms with van der Waals surface area (Å²) in [5.74, 6) is 1.97. The number of nitrogens with zero attached hydrogens (tertiary/aromatic N) is 1. The third-order valence-electron chi connectivity index (χ3n) is 5.23. The summed E-state index contributed by atoms with van der Waals surface area (Å²) in [7, 11) is 0. The molecule has 1 saturated carbocycles. The van der Waals surface area contributed by atoms with E-state index in [4.69, 9.17) is 15.2 Å². The summed E-state index contributed by atoms with van der Waals surface area (Å²) in [4.78, 5) is 14.3. The van der Waals surface area contributed by atoms with Crippen LogP contribution in [-0.4, -0.2) is 43.2 Å². The van der Waals surface area contributed by atoms with Crippen LogP contribution < -0.4 is 15.2 Å². The van der Waals surface area contributed by atoms with E-state index in [1.54, 1.807) is 6.08 Å². The van der Waals surface area contributed by atoms with Gasteiger partial charge in [-0.25, -0.2) is 0 Å². The number of amides is 1. The first-order valence-corrected chi connectivity index (χ1v) is 9.80. The molecule has 26 heavy (non-hydrogen) atoms. The number of hydrogen-bond acceptors (Lipinski definition) is 4. The van der Waals surface area contributed by atoms with Gasteiger partial charge in [0, 0.05) is 24.7 Å². The summed E-state index contributed by atoms with van der Waals surface area (Å²) >= 11 is 0. The van der Waals surface area contributed by atoms with Gasteiger partial charge in [-0.3, -0.25) is 4.79 Å². The van der Waals surface area contributed by atoms with Crippen LogP contribution in [0.25, 0.3) is 6.08 Å². The molecule has 0 bridgehead atoms. The Balaban J connectivity index is 1.75. The molecule has 1 aliphatic carbocycles. The van der Waals surface area contributed by atoms with Gasteiger partial charge in [-0.05, 0) is 63.6 Å². The summed E-state index contributed by atoms with van der Waals surface area (Å²) in [6.07, 6.45) is 9.31. The highest BCUT2D eigenvalue weighted by Crippen LogP contribution is 2.35. The van der Waals surface area contributed by atoms with Gasteiger partial charge in [0.25, 0.3) is 0 Å². The molecule has 142 valence electrons. The minimum Gasteiger partial charge on any atom is -0.490 e. The standard InChI is InChI=1S/C21H30N2O3/c1-2-25-19-9-5-6-17(21(19)26-18-7-3-4-8-18)10-11-20(24)23-13-12-16(14-22)15-23/h5-6,9-11,16,18H,2-4,7-8,12-15,22H2,1H3/b11-10+. The predicted octanol–water partition coefficient (Wildman–Crippen LogP) is 3.23. The Morgan fingerprint density at radius 2 is 2.12 bits per heavy atom. The van der Waals surface area contributed by atoms with Gasteiger partial charge in [0.15, 0.2) is 11.5 Å². The molecule has 5 heteroatoms. The van der Waals surface area contributed by atoms with Crippen molar-refractivity contribution >= 4 is 12.0 Å². The molecular weight excluding hydrogens is 328 g/mol. The first-order valence-electron chi connectivity index (χ1n) is 9.80. The number of benzene rings is 1. The van der Waals surface area contributed by atoms with Crippen LogP contribution in [0.5, 0.6) is 11.5 Å². The normalized spacial score (nSPS) is 20.8. The second kappa shape index (κ2) is 9.08. The highest BCUT2D eigenvalue weighted by molar-refractivity contribution is 5.92. The summed E-state index contributed by atoms with van der Waals surface area (Å²) < 4.78 is 12.0. The lowest BCUT2D eigenvalue weighted by Crippen LogP contribution is -2.28. The molecule has 2 fully saturated rings. The molecule has 5 nitrogen and oxygen atoms in total. The molecule has 1 aliphatic heterocycles. The largest absolute Gasteiger partial charge is 0.490 e. The fraction of sp³-hybridized carbons (Fsp3) is 0.571. The third-order valence-corrected chi connectivity index (χ3v) is 5.23. The molecule has 2 aliphatic rings. The SMILES string of the molecule is CCOc1cccc(/C=C/C(=O)N2CCC(CN)C2)c1OC1CCCC1. The number of rotatable bonds is 7. The number of para-hydroxylation sites is 1. The van der Waals surface area contributed by atoms with Gasteiger partial charge >= 0.3 is 0 Å². The number of carbonyl (C=O) groups is 1. The molecule has 1 unspecified atom stereocenters. The Morgan fingerprint density at radius 1 is 1.31 bits per heavy atom. The molecule has 1 saturated heterocycles. The highest BCUT2D eigenvalue weighted by atomic mass is 16.5. The zero-order chi connectivity index (χ0) is 18.4. The fourth-order valence-electron chi connectivity index (χ4n) is 3.72. The minimum absolute atomic E-state index is 0.0366. The van der Waals surface area contributed by atoms with Gasteiger partial charge in [0.1, 0.15) is 0 Å². The van der Waals surface area contributed by atoms with E-state index in [0.717, 1.165) is 49.4 Å². The Bertz CT molecular complexity index is 638. The van der Waals surface area contributed by atoms with Crippen molar-refractivity contribution in [2.24, 2.45) is 11.7 Å². The average Bonchev–Trinajstić information content (AvgIpc) is 3.33. The molecule has 1 heterocycles. The first-order chi connectivity index (χ1) is 12.7. The quantitative estimate of drug-likeness (QED) is 0.760. The van der Waals surface area contributed by atoms with E-state index in [0.29, 0.717) is 19.1 Å². The van der Waals surface area contributed by atoms with Crippen molar-refractivity contribution in [3.8, 4) is 11.5 Å². The van der Waals surface area contributed by atoms with Crippen LogP contribution in [-0.2, 0) is 4.79 Å². The molecule has 1 aromatic carbocycles. The highest BCUT2D eigenvalue weighted by Gasteiger charge is 2.24. The summed E-state index contributed by atoms with van der Waals surface area (Å²) in [5, 5.41) is 0. The predicted molar refractivity (Wildman–Crippen MR) is 103 cm³/mol. The summed E-state index contributed by atoms with van der Waals surface area (Å²) in [5.41, 5.74) is 6.61. The molecule has 0 spiro atoms. The number of ether oxygens (including phenoxy) is 2. The average molecular weight is 358 g/mol. The van der Waals surface area contributed by atoms with Crippen molar-refractivity contribution in [2.45, 2.75) is 45.1 Å². The van der Waals surface area contributed by atoms with Crippen LogP contribution in [0.4, 0.5) is 0 Å². The van der Waals surface area contributed by atoms with Crippen molar-refractivity contribution < 1.29 is 14.3 Å². The van der Waals surface area contributed by atoms with Gasteiger partial charge < -0.3 is 20.1 Å². The minimum atomic E-state index is 0.0366. The molecule has 2 N–H and O–H groups in total. The lowest BCUT2D eigenvalue weighted by Gasteiger charge is -2.19. The van der Waals surface area contributed by atoms with Crippen molar-refractivity contribution in [3.63, 3.8) is 0 Å². The van der Waals surface area contributed by atoms with Gasteiger partial charge in [-0.1, -0.05) is 12.1 Å². The van der Waals surface area contributed by atoms with E-state index < -0.39 is 0 Å². The molecule has 1 aromatic rings. The maximum Gasteiger partial charge on any atom is 0.246 e. The van der Waals surface area contributed by atoms with Crippen LogP contribution in [0.1, 0.15) is 44.6 Å². The van der Waals surface area contributed by atoms with Gasteiger partial charge in [-0.2, -0.15) is 0 Å². The zero-order valence-electron chi connectivity index (χ0n) is 15.7. The van der Waals surface area contributed by atoms with Gasteiger partial charge in [0.05, 0.1) is 12.7 Å². The topological polar surface area (TPSA) is 64.8 Å². The lowest BCUT2D eigenvalue weighted by molar-refractivity contribution is -0.125. The van der Waals surface area contributed by atoms with Gasteiger partial charge in [0.2, 0.25) is 5.91 Å². The van der Waals surface area contributed by atoms with E-state index in [1.165, 1.54) is 12.8 Å². The van der Waals surface area contributed by atoms with E-state index in [1.807, 2.05) is 36.1 Å². The van der Waals surface area contributed by atoms with Crippen LogP contribution in [0.2, 0.25) is 0 Å². The van der Waals surface area contributed by atoms with Crippen molar-refractivity contribution in [1.29, 1.82) is 0 Å². The summed E-state index contributed by atoms with van der Waals surface area (Å²) in [6.45, 7) is 4.73. The lowest BCUT2D eigenvalue weighted by atomic mass is 10.1. The van der Waals surface area contributed by atoms with E-state index in [9.17, 15) is 4.79 Å². The van der Waals surface area contributed by atoms with E-state index in [-0.39, 0.29) is 12.0 Å². The van der Waals surface area contributed by atoms with E-state index >= 15 is 0 Å². The number of carbonyl (C=O) groups excluding carboxylic acids is 1. The van der Waals surface area contributed by atoms with E-state index in [2.05, 4.69) is 0 Å². The number of nitrogens with two attached hydrogens (primary N) is 1. The fourth-order valence-corrected chi connectivity index (χ4v) is 3.72. The number of hydrogen-bond donors (Lipinski definition) is 1. The van der Waals surface area contributed by atoms with Crippen molar-refractivity contribution in [1.82, 2.24) is 4.90 Å². The third kappa shape index (κ3) is 4.58. The van der Waals surface area contributed by atoms with Crippen LogP contribution in [0, 0.1) is 5.92 Å². The first kappa shape index (κ1) is 18.8. The molecule has 3 rings (SSSR count). The van der Waals surface area contributed by atoms with Crippen LogP contribution in [0.3, 0.4) is 0 Å².